The Balaban J connectivity index is 1.79. The molecule has 0 heterocycles. The normalized spacial score (nSPS) is 19.5. The number of benzene rings is 2. The molecule has 0 spiro atoms. The summed E-state index contributed by atoms with van der Waals surface area (Å²) in [6.45, 7) is 3.82. The van der Waals surface area contributed by atoms with Crippen molar-refractivity contribution in [3.05, 3.63) is 64.5 Å². The van der Waals surface area contributed by atoms with E-state index >= 15 is 0 Å². The molecule has 1 fully saturated rings. The fourth-order valence-electron chi connectivity index (χ4n) is 4.12. The molecule has 0 unspecified atom stereocenters. The topological polar surface area (TPSA) is 26.3 Å². The maximum atomic E-state index is 14.4. The Bertz CT molecular complexity index is 879. The number of ketones is 1. The highest BCUT2D eigenvalue weighted by Crippen LogP contribution is 2.38. The molecule has 0 saturated heterocycles. The molecule has 6 heteroatoms. The second-order valence-electron chi connectivity index (χ2n) is 8.03. The quantitative estimate of drug-likeness (QED) is 0.371. The van der Waals surface area contributed by atoms with E-state index in [9.17, 15) is 22.4 Å². The van der Waals surface area contributed by atoms with Crippen LogP contribution in [-0.2, 0) is 12.6 Å². The highest BCUT2D eigenvalue weighted by molar-refractivity contribution is 5.99. The molecule has 0 amide bonds. The van der Waals surface area contributed by atoms with Gasteiger partial charge in [0.15, 0.2) is 17.3 Å². The van der Waals surface area contributed by atoms with E-state index in [1.807, 2.05) is 12.1 Å². The molecule has 0 aromatic heterocycles. The van der Waals surface area contributed by atoms with Crippen molar-refractivity contribution in [1.82, 2.24) is 0 Å². The molecule has 0 radical (unpaired) electrons. The molecule has 30 heavy (non-hydrogen) atoms. The molecule has 2 aromatic rings. The van der Waals surface area contributed by atoms with Crippen molar-refractivity contribution in [2.75, 3.05) is 6.61 Å². The Kier molecular flexibility index (Phi) is 6.84. The van der Waals surface area contributed by atoms with Crippen molar-refractivity contribution >= 4 is 5.78 Å². The zero-order valence-electron chi connectivity index (χ0n) is 17.2. The number of Topliss-reactive ketones (excluding diaryl/α,β-unsaturated/α-hetero) is 1. The van der Waals surface area contributed by atoms with Gasteiger partial charge in [0, 0.05) is 12.0 Å². The summed E-state index contributed by atoms with van der Waals surface area (Å²) in [5.74, 6) is -1.59. The third kappa shape index (κ3) is 5.02. The van der Waals surface area contributed by atoms with Gasteiger partial charge >= 0.3 is 6.18 Å². The molecule has 0 N–H and O–H groups in total. The van der Waals surface area contributed by atoms with Crippen LogP contribution in [0, 0.1) is 11.7 Å². The van der Waals surface area contributed by atoms with Crippen LogP contribution in [0.15, 0.2) is 36.4 Å². The summed E-state index contributed by atoms with van der Waals surface area (Å²) >= 11 is 0. The first-order chi connectivity index (χ1) is 14.2. The second kappa shape index (κ2) is 9.19. The van der Waals surface area contributed by atoms with Crippen molar-refractivity contribution in [1.29, 1.82) is 0 Å². The van der Waals surface area contributed by atoms with Gasteiger partial charge in [-0.25, -0.2) is 4.39 Å². The van der Waals surface area contributed by atoms with Gasteiger partial charge in [-0.1, -0.05) is 44.0 Å². The lowest BCUT2D eigenvalue weighted by molar-refractivity contribution is -0.140. The largest absolute Gasteiger partial charge is 0.491 e. The molecule has 2 nitrogen and oxygen atoms in total. The standard InChI is InChI=1S/C24H26F4O2/c1-3-30-21-13-12-19(22(23(21)25)24(26,27)28)20(29)14-16-6-10-18(11-7-16)17-8-4-15(2)5-9-17/h6-7,10-13,15,17H,3-5,8-9,14H2,1-2H3. The van der Waals surface area contributed by atoms with Crippen LogP contribution in [-0.4, -0.2) is 12.4 Å². The third-order valence-corrected chi connectivity index (χ3v) is 5.82. The van der Waals surface area contributed by atoms with Crippen LogP contribution in [0.3, 0.4) is 0 Å². The minimum absolute atomic E-state index is 0.0216. The summed E-state index contributed by atoms with van der Waals surface area (Å²) in [7, 11) is 0. The highest BCUT2D eigenvalue weighted by Gasteiger charge is 2.40. The van der Waals surface area contributed by atoms with E-state index in [2.05, 4.69) is 6.92 Å². The Labute approximate surface area is 174 Å². The van der Waals surface area contributed by atoms with Crippen molar-refractivity contribution in [2.45, 2.75) is 58.0 Å². The fourth-order valence-corrected chi connectivity index (χ4v) is 4.12. The number of rotatable bonds is 6. The van der Waals surface area contributed by atoms with E-state index in [1.165, 1.54) is 18.4 Å². The van der Waals surface area contributed by atoms with Gasteiger partial charge in [-0.05, 0) is 54.9 Å². The van der Waals surface area contributed by atoms with E-state index in [-0.39, 0.29) is 13.0 Å². The third-order valence-electron chi connectivity index (χ3n) is 5.82. The first-order valence-corrected chi connectivity index (χ1v) is 10.3. The molecule has 1 aliphatic carbocycles. The summed E-state index contributed by atoms with van der Waals surface area (Å²) < 4.78 is 59.7. The lowest BCUT2D eigenvalue weighted by atomic mass is 9.79. The predicted octanol–water partition coefficient (Wildman–Crippen LogP) is 6.96. The first-order valence-electron chi connectivity index (χ1n) is 10.3. The van der Waals surface area contributed by atoms with Gasteiger partial charge in [0.1, 0.15) is 5.56 Å². The van der Waals surface area contributed by atoms with Crippen LogP contribution in [0.2, 0.25) is 0 Å². The summed E-state index contributed by atoms with van der Waals surface area (Å²) in [6, 6.07) is 9.54. The molecule has 2 aromatic carbocycles. The van der Waals surface area contributed by atoms with Crippen LogP contribution >= 0.6 is 0 Å². The predicted molar refractivity (Wildman–Crippen MR) is 107 cm³/mol. The maximum absolute atomic E-state index is 14.4. The zero-order chi connectivity index (χ0) is 21.9. The Morgan fingerprint density at radius 3 is 2.23 bits per heavy atom. The molecule has 0 aliphatic heterocycles. The Morgan fingerprint density at radius 1 is 1.03 bits per heavy atom. The number of halogens is 4. The van der Waals surface area contributed by atoms with E-state index in [4.69, 9.17) is 4.74 Å². The van der Waals surface area contributed by atoms with Gasteiger partial charge in [-0.15, -0.1) is 0 Å². The number of carbonyl (C=O) groups excluding carboxylic acids is 1. The average Bonchev–Trinajstić information content (AvgIpc) is 2.69. The van der Waals surface area contributed by atoms with Crippen LogP contribution in [0.1, 0.15) is 72.5 Å². The number of carbonyl (C=O) groups is 1. The Morgan fingerprint density at radius 2 is 1.67 bits per heavy atom. The second-order valence-corrected chi connectivity index (χ2v) is 8.03. The van der Waals surface area contributed by atoms with Crippen LogP contribution in [0.4, 0.5) is 17.6 Å². The minimum atomic E-state index is -5.00. The fraction of sp³-hybridized carbons (Fsp3) is 0.458. The monoisotopic (exact) mass is 422 g/mol. The van der Waals surface area contributed by atoms with Crippen molar-refractivity contribution < 1.29 is 27.1 Å². The molecule has 0 atom stereocenters. The summed E-state index contributed by atoms with van der Waals surface area (Å²) in [5.41, 5.74) is -0.434. The van der Waals surface area contributed by atoms with Crippen molar-refractivity contribution in [3.8, 4) is 5.75 Å². The molecule has 1 aliphatic rings. The Hall–Kier alpha value is -2.37. The van der Waals surface area contributed by atoms with E-state index in [0.29, 0.717) is 11.5 Å². The van der Waals surface area contributed by atoms with Gasteiger partial charge in [0.25, 0.3) is 0 Å². The molecule has 1 saturated carbocycles. The van der Waals surface area contributed by atoms with Crippen LogP contribution < -0.4 is 4.74 Å². The molecular formula is C24H26F4O2. The van der Waals surface area contributed by atoms with Crippen molar-refractivity contribution in [2.24, 2.45) is 5.92 Å². The SMILES string of the molecule is CCOc1ccc(C(=O)Cc2ccc(C3CCC(C)CC3)cc2)c(C(F)(F)F)c1F. The van der Waals surface area contributed by atoms with Crippen LogP contribution in [0.5, 0.6) is 5.75 Å². The maximum Gasteiger partial charge on any atom is 0.420 e. The van der Waals surface area contributed by atoms with Gasteiger partial charge in [-0.2, -0.15) is 13.2 Å². The molecular weight excluding hydrogens is 396 g/mol. The van der Waals surface area contributed by atoms with E-state index < -0.39 is 34.7 Å². The summed E-state index contributed by atoms with van der Waals surface area (Å²) in [5, 5.41) is 0. The lowest BCUT2D eigenvalue weighted by Crippen LogP contribution is -2.18. The van der Waals surface area contributed by atoms with E-state index in [1.54, 1.807) is 19.1 Å². The molecule has 3 rings (SSSR count). The van der Waals surface area contributed by atoms with E-state index in [0.717, 1.165) is 30.9 Å². The minimum Gasteiger partial charge on any atom is -0.491 e. The number of ether oxygens (including phenoxy) is 1. The smallest absolute Gasteiger partial charge is 0.420 e. The number of hydrogen-bond acceptors (Lipinski definition) is 2. The number of hydrogen-bond donors (Lipinski definition) is 0. The van der Waals surface area contributed by atoms with Gasteiger partial charge in [0.2, 0.25) is 0 Å². The average molecular weight is 422 g/mol. The summed E-state index contributed by atoms with van der Waals surface area (Å²) in [4.78, 5) is 12.6. The van der Waals surface area contributed by atoms with Crippen LogP contribution in [0.25, 0.3) is 0 Å². The number of alkyl halides is 3. The first kappa shape index (κ1) is 22.3. The van der Waals surface area contributed by atoms with Gasteiger partial charge < -0.3 is 4.74 Å². The lowest BCUT2D eigenvalue weighted by Gasteiger charge is -2.26. The molecule has 162 valence electrons. The van der Waals surface area contributed by atoms with Gasteiger partial charge in [0.05, 0.1) is 6.61 Å². The highest BCUT2D eigenvalue weighted by atomic mass is 19.4. The zero-order valence-corrected chi connectivity index (χ0v) is 17.2. The summed E-state index contributed by atoms with van der Waals surface area (Å²) in [6.07, 6.45) is -0.592. The van der Waals surface area contributed by atoms with Gasteiger partial charge in [-0.3, -0.25) is 4.79 Å². The van der Waals surface area contributed by atoms with Crippen molar-refractivity contribution in [3.63, 3.8) is 0 Å². The molecule has 0 bridgehead atoms.